The molecule has 160 valence electrons. The third kappa shape index (κ3) is 18.7. The molecule has 6 nitrogen and oxygen atoms in total. The summed E-state index contributed by atoms with van der Waals surface area (Å²) >= 11 is 0. The van der Waals surface area contributed by atoms with Gasteiger partial charge in [-0.3, -0.25) is 9.59 Å². The number of carboxylic acid groups (broad SMARTS) is 1. The molecule has 1 amide bonds. The lowest BCUT2D eigenvalue weighted by Crippen LogP contribution is -2.10. The Hall–Kier alpha value is -2.11. The Balaban J connectivity index is 0.000000749. The quantitative estimate of drug-likeness (QED) is 0.250. The van der Waals surface area contributed by atoms with Crippen molar-refractivity contribution in [2.75, 3.05) is 0 Å². The third-order valence-corrected chi connectivity index (χ3v) is 4.42. The lowest BCUT2D eigenvalue weighted by atomic mass is 10.1. The van der Waals surface area contributed by atoms with Crippen LogP contribution in [-0.2, 0) is 4.79 Å². The van der Waals surface area contributed by atoms with E-state index in [0.29, 0.717) is 12.1 Å². The molecule has 1 heterocycles. The Kier molecular flexibility index (Phi) is 18.2. The number of amides is 1. The number of unbranched alkanes of at least 4 members (excludes halogenated alkanes) is 11. The SMILES string of the molecule is CCCCCCCC/C=C\CCCCCCCC(=O)O.NC(=O)c1cnc[nH]1. The van der Waals surface area contributed by atoms with Crippen molar-refractivity contribution in [1.82, 2.24) is 9.97 Å². The number of nitrogens with zero attached hydrogens (tertiary/aromatic N) is 1. The lowest BCUT2D eigenvalue weighted by molar-refractivity contribution is -0.137. The van der Waals surface area contributed by atoms with Crippen LogP contribution in [-0.4, -0.2) is 27.0 Å². The smallest absolute Gasteiger partial charge is 0.303 e. The number of nitrogens with two attached hydrogens (primary N) is 1. The van der Waals surface area contributed by atoms with Gasteiger partial charge >= 0.3 is 5.97 Å². The second-order valence-electron chi connectivity index (χ2n) is 7.06. The van der Waals surface area contributed by atoms with Gasteiger partial charge in [0, 0.05) is 6.42 Å². The number of rotatable bonds is 16. The van der Waals surface area contributed by atoms with Crippen LogP contribution in [0.5, 0.6) is 0 Å². The molecule has 0 saturated carbocycles. The number of aromatic nitrogens is 2. The van der Waals surface area contributed by atoms with Gasteiger partial charge in [0.25, 0.3) is 5.91 Å². The van der Waals surface area contributed by atoms with Gasteiger partial charge in [-0.15, -0.1) is 0 Å². The molecule has 0 saturated heterocycles. The van der Waals surface area contributed by atoms with Crippen LogP contribution >= 0.6 is 0 Å². The average molecular weight is 394 g/mol. The zero-order valence-corrected chi connectivity index (χ0v) is 17.5. The number of carbonyl (C=O) groups excluding carboxylic acids is 1. The van der Waals surface area contributed by atoms with Gasteiger partial charge in [0.1, 0.15) is 5.69 Å². The Morgan fingerprint density at radius 1 is 0.964 bits per heavy atom. The molecule has 0 aliphatic carbocycles. The number of imidazole rings is 1. The monoisotopic (exact) mass is 393 g/mol. The van der Waals surface area contributed by atoms with Crippen LogP contribution in [0, 0.1) is 0 Å². The zero-order chi connectivity index (χ0) is 20.9. The van der Waals surface area contributed by atoms with E-state index in [4.69, 9.17) is 10.8 Å². The number of nitrogens with one attached hydrogen (secondary N) is 1. The Bertz CT molecular complexity index is 513. The van der Waals surface area contributed by atoms with E-state index in [2.05, 4.69) is 29.0 Å². The minimum absolute atomic E-state index is 0.332. The fraction of sp³-hybridized carbons (Fsp3) is 0.682. The van der Waals surface area contributed by atoms with Gasteiger partial charge in [-0.1, -0.05) is 70.4 Å². The minimum Gasteiger partial charge on any atom is -0.481 e. The molecule has 0 bridgehead atoms. The molecule has 0 atom stereocenters. The summed E-state index contributed by atoms with van der Waals surface area (Å²) in [7, 11) is 0. The number of aromatic amines is 1. The highest BCUT2D eigenvalue weighted by atomic mass is 16.4. The van der Waals surface area contributed by atoms with Gasteiger partial charge in [0.05, 0.1) is 12.5 Å². The normalized spacial score (nSPS) is 10.6. The first kappa shape index (κ1) is 25.9. The number of allylic oxidation sites excluding steroid dienone is 2. The number of primary amides is 1. The number of carboxylic acids is 1. The van der Waals surface area contributed by atoms with Crippen LogP contribution in [0.3, 0.4) is 0 Å². The number of H-pyrrole nitrogens is 1. The van der Waals surface area contributed by atoms with Gasteiger partial charge < -0.3 is 15.8 Å². The second kappa shape index (κ2) is 19.6. The van der Waals surface area contributed by atoms with Crippen molar-refractivity contribution in [2.45, 2.75) is 96.8 Å². The zero-order valence-electron chi connectivity index (χ0n) is 17.5. The second-order valence-corrected chi connectivity index (χ2v) is 7.06. The number of hydrogen-bond acceptors (Lipinski definition) is 3. The molecule has 1 aromatic rings. The molecule has 0 unspecified atom stereocenters. The molecule has 0 aliphatic rings. The van der Waals surface area contributed by atoms with Crippen molar-refractivity contribution in [3.63, 3.8) is 0 Å². The molecule has 0 spiro atoms. The number of aliphatic carboxylic acids is 1. The van der Waals surface area contributed by atoms with Crippen LogP contribution in [0.4, 0.5) is 0 Å². The molecule has 1 aromatic heterocycles. The lowest BCUT2D eigenvalue weighted by Gasteiger charge is -1.99. The summed E-state index contributed by atoms with van der Waals surface area (Å²) in [6, 6.07) is 0. The maximum Gasteiger partial charge on any atom is 0.303 e. The van der Waals surface area contributed by atoms with Crippen LogP contribution in [0.1, 0.15) is 107 Å². The number of carbonyl (C=O) groups is 2. The molecule has 6 heteroatoms. The topological polar surface area (TPSA) is 109 Å². The summed E-state index contributed by atoms with van der Waals surface area (Å²) in [5.41, 5.74) is 5.19. The fourth-order valence-corrected chi connectivity index (χ4v) is 2.74. The predicted octanol–water partition coefficient (Wildman–Crippen LogP) is 5.62. The minimum atomic E-state index is -0.664. The molecule has 0 radical (unpaired) electrons. The Morgan fingerprint density at radius 3 is 1.93 bits per heavy atom. The van der Waals surface area contributed by atoms with Crippen molar-refractivity contribution < 1.29 is 14.7 Å². The fourth-order valence-electron chi connectivity index (χ4n) is 2.74. The Labute approximate surface area is 170 Å². The first-order chi connectivity index (χ1) is 13.6. The van der Waals surface area contributed by atoms with Crippen molar-refractivity contribution in [2.24, 2.45) is 5.73 Å². The maximum absolute atomic E-state index is 10.3. The predicted molar refractivity (Wildman–Crippen MR) is 114 cm³/mol. The molecule has 0 fully saturated rings. The summed E-state index contributed by atoms with van der Waals surface area (Å²) in [5.74, 6) is -1.15. The first-order valence-electron chi connectivity index (χ1n) is 10.7. The first-order valence-corrected chi connectivity index (χ1v) is 10.7. The van der Waals surface area contributed by atoms with E-state index >= 15 is 0 Å². The summed E-state index contributed by atoms with van der Waals surface area (Å²) in [6.45, 7) is 2.26. The molecule has 4 N–H and O–H groups in total. The molecule has 0 aliphatic heterocycles. The third-order valence-electron chi connectivity index (χ3n) is 4.42. The van der Waals surface area contributed by atoms with Gasteiger partial charge in [-0.2, -0.15) is 0 Å². The molecular weight excluding hydrogens is 354 g/mol. The molecular formula is C22H39N3O3. The highest BCUT2D eigenvalue weighted by Crippen LogP contribution is 2.09. The molecule has 1 rings (SSSR count). The summed E-state index contributed by atoms with van der Waals surface area (Å²) in [4.78, 5) is 26.7. The number of hydrogen-bond donors (Lipinski definition) is 3. The van der Waals surface area contributed by atoms with E-state index in [9.17, 15) is 9.59 Å². The van der Waals surface area contributed by atoms with Crippen molar-refractivity contribution in [3.05, 3.63) is 30.4 Å². The van der Waals surface area contributed by atoms with Crippen molar-refractivity contribution >= 4 is 11.9 Å². The van der Waals surface area contributed by atoms with E-state index in [1.807, 2.05) is 0 Å². The highest BCUT2D eigenvalue weighted by Gasteiger charge is 1.97. The van der Waals surface area contributed by atoms with E-state index in [-0.39, 0.29) is 0 Å². The van der Waals surface area contributed by atoms with Gasteiger partial charge in [-0.25, -0.2) is 4.98 Å². The van der Waals surface area contributed by atoms with E-state index in [1.54, 1.807) is 0 Å². The van der Waals surface area contributed by atoms with Gasteiger partial charge in [-0.05, 0) is 32.1 Å². The van der Waals surface area contributed by atoms with Gasteiger partial charge in [0.2, 0.25) is 0 Å². The standard InChI is InChI=1S/C18H34O2.C4H5N3O/c1-2-3-4-5-6-7-8-9-10-11-12-13-14-15-16-17-18(19)20;5-4(8)3-1-6-2-7-3/h9-10H,2-8,11-17H2,1H3,(H,19,20);1-2H,(H2,5,8)(H,6,7)/b10-9-;. The molecule has 28 heavy (non-hydrogen) atoms. The largest absolute Gasteiger partial charge is 0.481 e. The summed E-state index contributed by atoms with van der Waals surface area (Å²) in [6.07, 6.45) is 24.0. The van der Waals surface area contributed by atoms with Crippen LogP contribution in [0.25, 0.3) is 0 Å². The highest BCUT2D eigenvalue weighted by molar-refractivity contribution is 5.90. The van der Waals surface area contributed by atoms with Crippen LogP contribution in [0.15, 0.2) is 24.7 Å². The van der Waals surface area contributed by atoms with Gasteiger partial charge in [0.15, 0.2) is 0 Å². The van der Waals surface area contributed by atoms with E-state index < -0.39 is 11.9 Å². The average Bonchev–Trinajstić information content (AvgIpc) is 3.20. The summed E-state index contributed by atoms with van der Waals surface area (Å²) in [5, 5.41) is 8.51. The van der Waals surface area contributed by atoms with E-state index in [0.717, 1.165) is 12.8 Å². The van der Waals surface area contributed by atoms with Crippen LogP contribution < -0.4 is 5.73 Å². The molecule has 0 aromatic carbocycles. The van der Waals surface area contributed by atoms with E-state index in [1.165, 1.54) is 83.2 Å². The van der Waals surface area contributed by atoms with Crippen LogP contribution in [0.2, 0.25) is 0 Å². The van der Waals surface area contributed by atoms with Crippen molar-refractivity contribution in [1.29, 1.82) is 0 Å². The van der Waals surface area contributed by atoms with Crippen molar-refractivity contribution in [3.8, 4) is 0 Å². The maximum atomic E-state index is 10.3. The Morgan fingerprint density at radius 2 is 1.50 bits per heavy atom. The summed E-state index contributed by atoms with van der Waals surface area (Å²) < 4.78 is 0.